The summed E-state index contributed by atoms with van der Waals surface area (Å²) >= 11 is 1.62. The molecule has 0 saturated carbocycles. The lowest BCUT2D eigenvalue weighted by molar-refractivity contribution is -0.117. The quantitative estimate of drug-likeness (QED) is 0.597. The molecule has 1 aliphatic rings. The molecule has 7 nitrogen and oxygen atoms in total. The zero-order valence-electron chi connectivity index (χ0n) is 17.8. The summed E-state index contributed by atoms with van der Waals surface area (Å²) in [5, 5.41) is 4.73. The van der Waals surface area contributed by atoms with Crippen LogP contribution in [0.5, 0.6) is 0 Å². The Morgan fingerprint density at radius 2 is 2.00 bits per heavy atom. The number of fused-ring (bicyclic) bond motifs is 1. The molecule has 9 heteroatoms. The van der Waals surface area contributed by atoms with E-state index < -0.39 is 6.17 Å². The topological polar surface area (TPSA) is 74.2 Å². The number of nitrogens with zero attached hydrogens (tertiary/aromatic N) is 5. The summed E-state index contributed by atoms with van der Waals surface area (Å²) in [4.78, 5) is 31.2. The number of anilines is 2. The third-order valence-corrected chi connectivity index (χ3v) is 6.59. The van der Waals surface area contributed by atoms with Gasteiger partial charge in [-0.05, 0) is 38.8 Å². The molecule has 4 heterocycles. The molecule has 0 unspecified atom stereocenters. The van der Waals surface area contributed by atoms with Crippen LogP contribution in [0, 0.1) is 0 Å². The average molecular weight is 443 g/mol. The Morgan fingerprint density at radius 3 is 2.74 bits per heavy atom. The number of hydrogen-bond acceptors (Lipinski definition) is 7. The van der Waals surface area contributed by atoms with Gasteiger partial charge in [0.2, 0.25) is 5.91 Å². The molecule has 164 valence electrons. The molecule has 1 N–H and O–H groups in total. The SMILES string of the molecule is CCN(CC)c1ncc(-c2ccc3cnc(NC(=O)CN4CCC(F)CC4)cc3n2)s1. The van der Waals surface area contributed by atoms with Gasteiger partial charge in [-0.15, -0.1) is 0 Å². The van der Waals surface area contributed by atoms with E-state index >= 15 is 0 Å². The van der Waals surface area contributed by atoms with Crippen LogP contribution >= 0.6 is 11.3 Å². The summed E-state index contributed by atoms with van der Waals surface area (Å²) in [6.45, 7) is 7.51. The number of carbonyl (C=O) groups excluding carboxylic acids is 1. The van der Waals surface area contributed by atoms with Crippen molar-refractivity contribution < 1.29 is 9.18 Å². The first kappa shape index (κ1) is 21.6. The van der Waals surface area contributed by atoms with E-state index in [4.69, 9.17) is 4.98 Å². The molecule has 0 spiro atoms. The largest absolute Gasteiger partial charge is 0.349 e. The molecular formula is C22H27FN6OS. The second-order valence-electron chi connectivity index (χ2n) is 7.64. The van der Waals surface area contributed by atoms with E-state index in [1.165, 1.54) is 0 Å². The Hall–Kier alpha value is -2.65. The van der Waals surface area contributed by atoms with Gasteiger partial charge in [-0.25, -0.2) is 19.3 Å². The van der Waals surface area contributed by atoms with Gasteiger partial charge in [0, 0.05) is 50.0 Å². The Labute approximate surface area is 185 Å². The maximum absolute atomic E-state index is 13.3. The standard InChI is InChI=1S/C22H27FN6OS/c1-3-29(4-2)22-25-13-19(31-22)17-6-5-15-12-24-20(11-18(15)26-17)27-21(30)14-28-9-7-16(23)8-10-28/h5-6,11-13,16H,3-4,7-10,14H2,1-2H3,(H,24,27,30). The first-order chi connectivity index (χ1) is 15.1. The third-order valence-electron chi connectivity index (χ3n) is 5.51. The molecule has 1 fully saturated rings. The highest BCUT2D eigenvalue weighted by Gasteiger charge is 2.20. The summed E-state index contributed by atoms with van der Waals surface area (Å²) in [6.07, 6.45) is 3.80. The van der Waals surface area contributed by atoms with Crippen molar-refractivity contribution in [3.8, 4) is 10.6 Å². The van der Waals surface area contributed by atoms with Gasteiger partial charge in [0.1, 0.15) is 12.0 Å². The molecule has 0 aliphatic carbocycles. The van der Waals surface area contributed by atoms with Crippen LogP contribution in [0.25, 0.3) is 21.5 Å². The molecule has 0 atom stereocenters. The molecule has 31 heavy (non-hydrogen) atoms. The zero-order valence-corrected chi connectivity index (χ0v) is 18.7. The summed E-state index contributed by atoms with van der Waals surface area (Å²) in [5.41, 5.74) is 1.61. The van der Waals surface area contributed by atoms with E-state index in [0.29, 0.717) is 31.7 Å². The monoisotopic (exact) mass is 442 g/mol. The number of piperidine rings is 1. The summed E-state index contributed by atoms with van der Waals surface area (Å²) < 4.78 is 13.3. The van der Waals surface area contributed by atoms with Gasteiger partial charge in [-0.1, -0.05) is 11.3 Å². The highest BCUT2D eigenvalue weighted by atomic mass is 32.1. The van der Waals surface area contributed by atoms with Crippen molar-refractivity contribution in [2.75, 3.05) is 42.9 Å². The van der Waals surface area contributed by atoms with Crippen molar-refractivity contribution in [2.45, 2.75) is 32.9 Å². The van der Waals surface area contributed by atoms with Gasteiger partial charge in [-0.2, -0.15) is 0 Å². The molecular weight excluding hydrogens is 415 g/mol. The first-order valence-electron chi connectivity index (χ1n) is 10.7. The number of nitrogens with one attached hydrogen (secondary N) is 1. The predicted molar refractivity (Wildman–Crippen MR) is 123 cm³/mol. The van der Waals surface area contributed by atoms with Crippen molar-refractivity contribution >= 4 is 39.1 Å². The normalized spacial score (nSPS) is 15.3. The summed E-state index contributed by atoms with van der Waals surface area (Å²) in [7, 11) is 0. The molecule has 1 aliphatic heterocycles. The van der Waals surface area contributed by atoms with Gasteiger partial charge in [0.25, 0.3) is 0 Å². The van der Waals surface area contributed by atoms with E-state index in [1.54, 1.807) is 23.6 Å². The lowest BCUT2D eigenvalue weighted by Crippen LogP contribution is -2.39. The van der Waals surface area contributed by atoms with Crippen LogP contribution in [0.15, 0.2) is 30.6 Å². The molecule has 0 radical (unpaired) electrons. The van der Waals surface area contributed by atoms with Gasteiger partial charge >= 0.3 is 0 Å². The van der Waals surface area contributed by atoms with Crippen molar-refractivity contribution in [3.63, 3.8) is 0 Å². The number of rotatable bonds is 7. The van der Waals surface area contributed by atoms with Gasteiger partial charge in [-0.3, -0.25) is 9.69 Å². The summed E-state index contributed by atoms with van der Waals surface area (Å²) in [5.74, 6) is 0.322. The first-order valence-corrected chi connectivity index (χ1v) is 11.5. The molecule has 1 amide bonds. The van der Waals surface area contributed by atoms with Crippen LogP contribution in [-0.2, 0) is 4.79 Å². The number of hydrogen-bond donors (Lipinski definition) is 1. The number of thiazole rings is 1. The van der Waals surface area contributed by atoms with E-state index in [0.717, 1.165) is 39.7 Å². The van der Waals surface area contributed by atoms with E-state index in [1.807, 2.05) is 23.2 Å². The minimum absolute atomic E-state index is 0.147. The Bertz CT molecular complexity index is 1050. The molecule has 3 aromatic heterocycles. The number of amides is 1. The highest BCUT2D eigenvalue weighted by molar-refractivity contribution is 7.18. The van der Waals surface area contributed by atoms with Crippen LogP contribution in [0.3, 0.4) is 0 Å². The zero-order chi connectivity index (χ0) is 21.8. The van der Waals surface area contributed by atoms with Crippen molar-refractivity contribution in [1.82, 2.24) is 19.9 Å². The Morgan fingerprint density at radius 1 is 1.23 bits per heavy atom. The highest BCUT2D eigenvalue weighted by Crippen LogP contribution is 2.31. The fourth-order valence-corrected chi connectivity index (χ4v) is 4.70. The van der Waals surface area contributed by atoms with E-state index in [-0.39, 0.29) is 12.5 Å². The minimum atomic E-state index is -0.747. The fourth-order valence-electron chi connectivity index (χ4n) is 3.69. The second-order valence-corrected chi connectivity index (χ2v) is 8.65. The van der Waals surface area contributed by atoms with Gasteiger partial charge in [0.15, 0.2) is 5.13 Å². The number of aromatic nitrogens is 3. The number of likely N-dealkylation sites (tertiary alicyclic amines) is 1. The molecule has 1 saturated heterocycles. The number of halogens is 1. The maximum Gasteiger partial charge on any atom is 0.239 e. The second kappa shape index (κ2) is 9.65. The summed E-state index contributed by atoms with van der Waals surface area (Å²) in [6, 6.07) is 5.74. The molecule has 0 bridgehead atoms. The molecule has 0 aromatic carbocycles. The van der Waals surface area contributed by atoms with Crippen LogP contribution in [0.4, 0.5) is 15.3 Å². The van der Waals surface area contributed by atoms with E-state index in [9.17, 15) is 9.18 Å². The molecule has 4 rings (SSSR count). The lowest BCUT2D eigenvalue weighted by atomic mass is 10.1. The van der Waals surface area contributed by atoms with Crippen LogP contribution in [-0.4, -0.2) is 64.7 Å². The van der Waals surface area contributed by atoms with Crippen LogP contribution in [0.2, 0.25) is 0 Å². The van der Waals surface area contributed by atoms with Crippen LogP contribution < -0.4 is 10.2 Å². The smallest absolute Gasteiger partial charge is 0.239 e. The average Bonchev–Trinajstić information content (AvgIpc) is 3.26. The third kappa shape index (κ3) is 5.16. The Balaban J connectivity index is 1.48. The lowest BCUT2D eigenvalue weighted by Gasteiger charge is -2.27. The predicted octanol–water partition coefficient (Wildman–Crippen LogP) is 3.97. The number of pyridine rings is 2. The maximum atomic E-state index is 13.3. The van der Waals surface area contributed by atoms with Crippen molar-refractivity contribution in [1.29, 1.82) is 0 Å². The van der Waals surface area contributed by atoms with Gasteiger partial charge in [0.05, 0.1) is 22.6 Å². The Kier molecular flexibility index (Phi) is 6.72. The van der Waals surface area contributed by atoms with Crippen molar-refractivity contribution in [2.24, 2.45) is 0 Å². The molecule has 3 aromatic rings. The van der Waals surface area contributed by atoms with Crippen molar-refractivity contribution in [3.05, 3.63) is 30.6 Å². The number of carbonyl (C=O) groups is 1. The van der Waals surface area contributed by atoms with E-state index in [2.05, 4.69) is 34.0 Å². The minimum Gasteiger partial charge on any atom is -0.349 e. The number of alkyl halides is 1. The van der Waals surface area contributed by atoms with Gasteiger partial charge < -0.3 is 10.2 Å². The van der Waals surface area contributed by atoms with Crippen LogP contribution in [0.1, 0.15) is 26.7 Å². The fraction of sp³-hybridized carbons (Fsp3) is 0.455.